The number of carbonyl (C=O) groups is 1. The fraction of sp³-hybridized carbons (Fsp3) is 0.120. The van der Waals surface area contributed by atoms with Crippen LogP contribution < -0.4 is 16.2 Å². The molecule has 2 heterocycles. The van der Waals surface area contributed by atoms with Gasteiger partial charge < -0.3 is 10.6 Å². The van der Waals surface area contributed by atoms with Crippen LogP contribution in [0.2, 0.25) is 0 Å². The first kappa shape index (κ1) is 20.8. The molecule has 2 N–H and O–H groups in total. The van der Waals surface area contributed by atoms with Gasteiger partial charge >= 0.3 is 0 Å². The number of para-hydroxylation sites is 1. The van der Waals surface area contributed by atoms with Crippen LogP contribution in [0.15, 0.2) is 77.6 Å². The summed E-state index contributed by atoms with van der Waals surface area (Å²) in [5.74, 6) is -0.217. The molecule has 5 rings (SSSR count). The first-order valence-corrected chi connectivity index (χ1v) is 11.4. The third-order valence-electron chi connectivity index (χ3n) is 5.39. The van der Waals surface area contributed by atoms with Gasteiger partial charge in [0, 0.05) is 17.8 Å². The zero-order chi connectivity index (χ0) is 22.8. The van der Waals surface area contributed by atoms with Gasteiger partial charge in [0.1, 0.15) is 0 Å². The Labute approximate surface area is 193 Å². The number of anilines is 2. The number of carbonyl (C=O) groups excluding carboxylic acids is 1. The summed E-state index contributed by atoms with van der Waals surface area (Å²) >= 11 is 1.29. The van der Waals surface area contributed by atoms with Crippen molar-refractivity contribution in [3.8, 4) is 0 Å². The highest BCUT2D eigenvalue weighted by atomic mass is 32.1. The Morgan fingerprint density at radius 1 is 1.03 bits per heavy atom. The molecule has 1 amide bonds. The van der Waals surface area contributed by atoms with E-state index in [0.29, 0.717) is 33.1 Å². The molecule has 0 unspecified atom stereocenters. The Morgan fingerprint density at radius 2 is 1.82 bits per heavy atom. The fourth-order valence-corrected chi connectivity index (χ4v) is 4.46. The largest absolute Gasteiger partial charge is 0.348 e. The Balaban J connectivity index is 1.45. The van der Waals surface area contributed by atoms with Gasteiger partial charge in [0.15, 0.2) is 0 Å². The SMILES string of the molecule is CCc1ccccc1Nc1nn2c(=O)c3ccc(C(=O)NCc4ccccc4)cc3nc2s1. The lowest BCUT2D eigenvalue weighted by Gasteiger charge is -2.07. The lowest BCUT2D eigenvalue weighted by molar-refractivity contribution is 0.0951. The molecular weight excluding hydrogens is 434 g/mol. The van der Waals surface area contributed by atoms with E-state index >= 15 is 0 Å². The van der Waals surface area contributed by atoms with Crippen molar-refractivity contribution < 1.29 is 4.79 Å². The lowest BCUT2D eigenvalue weighted by atomic mass is 10.1. The maximum absolute atomic E-state index is 13.0. The molecule has 164 valence electrons. The van der Waals surface area contributed by atoms with E-state index in [1.54, 1.807) is 18.2 Å². The molecule has 0 radical (unpaired) electrons. The van der Waals surface area contributed by atoms with Gasteiger partial charge in [0.25, 0.3) is 11.5 Å². The van der Waals surface area contributed by atoms with Gasteiger partial charge in [-0.05, 0) is 41.8 Å². The van der Waals surface area contributed by atoms with E-state index in [1.165, 1.54) is 15.9 Å². The van der Waals surface area contributed by atoms with Crippen LogP contribution in [0.1, 0.15) is 28.4 Å². The molecule has 0 atom stereocenters. The first-order chi connectivity index (χ1) is 16.1. The summed E-state index contributed by atoms with van der Waals surface area (Å²) in [7, 11) is 0. The van der Waals surface area contributed by atoms with E-state index in [1.807, 2.05) is 48.5 Å². The molecule has 0 bridgehead atoms. The van der Waals surface area contributed by atoms with Crippen LogP contribution in [0.5, 0.6) is 0 Å². The first-order valence-electron chi connectivity index (χ1n) is 10.6. The van der Waals surface area contributed by atoms with Gasteiger partial charge in [0.05, 0.1) is 10.9 Å². The molecule has 0 fully saturated rings. The highest BCUT2D eigenvalue weighted by Crippen LogP contribution is 2.25. The molecule has 7 nitrogen and oxygen atoms in total. The molecule has 0 aliphatic heterocycles. The number of fused-ring (bicyclic) bond motifs is 2. The minimum absolute atomic E-state index is 0.217. The smallest absolute Gasteiger partial charge is 0.283 e. The average molecular weight is 456 g/mol. The molecule has 0 aliphatic carbocycles. The molecule has 2 aromatic heterocycles. The van der Waals surface area contributed by atoms with Crippen LogP contribution in [0, 0.1) is 0 Å². The number of nitrogens with one attached hydrogen (secondary N) is 2. The van der Waals surface area contributed by atoms with Crippen LogP contribution in [-0.4, -0.2) is 20.5 Å². The minimum atomic E-state index is -0.265. The molecule has 33 heavy (non-hydrogen) atoms. The predicted molar refractivity (Wildman–Crippen MR) is 131 cm³/mol. The van der Waals surface area contributed by atoms with E-state index < -0.39 is 0 Å². The average Bonchev–Trinajstić information content (AvgIpc) is 3.26. The predicted octanol–water partition coefficient (Wildman–Crippen LogP) is 4.54. The molecule has 5 aromatic rings. The van der Waals surface area contributed by atoms with Crippen molar-refractivity contribution in [2.75, 3.05) is 5.32 Å². The number of amides is 1. The summed E-state index contributed by atoms with van der Waals surface area (Å²) < 4.78 is 1.30. The quantitative estimate of drug-likeness (QED) is 0.392. The van der Waals surface area contributed by atoms with E-state index in [-0.39, 0.29) is 11.5 Å². The zero-order valence-electron chi connectivity index (χ0n) is 17.9. The highest BCUT2D eigenvalue weighted by molar-refractivity contribution is 7.20. The summed E-state index contributed by atoms with van der Waals surface area (Å²) in [5.41, 5.74) is 3.78. The van der Waals surface area contributed by atoms with E-state index in [0.717, 1.165) is 23.2 Å². The second-order valence-corrected chi connectivity index (χ2v) is 8.51. The Bertz CT molecular complexity index is 1520. The number of aromatic nitrogens is 3. The third-order valence-corrected chi connectivity index (χ3v) is 6.22. The molecule has 0 saturated carbocycles. The van der Waals surface area contributed by atoms with Crippen LogP contribution in [0.4, 0.5) is 10.8 Å². The van der Waals surface area contributed by atoms with Crippen molar-refractivity contribution in [1.29, 1.82) is 0 Å². The van der Waals surface area contributed by atoms with Gasteiger partial charge in [-0.15, -0.1) is 5.10 Å². The number of rotatable bonds is 6. The number of hydrogen-bond acceptors (Lipinski definition) is 6. The van der Waals surface area contributed by atoms with Gasteiger partial charge in [-0.25, -0.2) is 4.98 Å². The summed E-state index contributed by atoms with van der Waals surface area (Å²) in [6.45, 7) is 2.52. The normalized spacial score (nSPS) is 11.1. The van der Waals surface area contributed by atoms with Crippen LogP contribution in [0.25, 0.3) is 15.9 Å². The lowest BCUT2D eigenvalue weighted by Crippen LogP contribution is -2.23. The van der Waals surface area contributed by atoms with E-state index in [4.69, 9.17) is 0 Å². The van der Waals surface area contributed by atoms with Crippen molar-refractivity contribution in [3.63, 3.8) is 0 Å². The van der Waals surface area contributed by atoms with E-state index in [9.17, 15) is 9.59 Å². The summed E-state index contributed by atoms with van der Waals surface area (Å²) in [5, 5.41) is 11.6. The van der Waals surface area contributed by atoms with Gasteiger partial charge in [-0.2, -0.15) is 4.52 Å². The van der Waals surface area contributed by atoms with Crippen molar-refractivity contribution in [1.82, 2.24) is 19.9 Å². The van der Waals surface area contributed by atoms with Crippen molar-refractivity contribution in [2.24, 2.45) is 0 Å². The molecule has 0 saturated heterocycles. The second-order valence-electron chi connectivity index (χ2n) is 7.55. The molecule has 8 heteroatoms. The molecular formula is C25H21N5O2S. The van der Waals surface area contributed by atoms with Crippen LogP contribution >= 0.6 is 11.3 Å². The minimum Gasteiger partial charge on any atom is -0.348 e. The van der Waals surface area contributed by atoms with Gasteiger partial charge in [-0.3, -0.25) is 9.59 Å². The Hall–Kier alpha value is -4.04. The monoisotopic (exact) mass is 455 g/mol. The van der Waals surface area contributed by atoms with Crippen LogP contribution in [0.3, 0.4) is 0 Å². The van der Waals surface area contributed by atoms with Crippen molar-refractivity contribution in [2.45, 2.75) is 19.9 Å². The van der Waals surface area contributed by atoms with Crippen molar-refractivity contribution >= 4 is 43.9 Å². The number of hydrogen-bond donors (Lipinski definition) is 2. The molecule has 3 aromatic carbocycles. The Kier molecular flexibility index (Phi) is 5.58. The fourth-order valence-electron chi connectivity index (χ4n) is 3.65. The zero-order valence-corrected chi connectivity index (χ0v) is 18.7. The molecule has 0 aliphatic rings. The third kappa shape index (κ3) is 4.20. The van der Waals surface area contributed by atoms with E-state index in [2.05, 4.69) is 33.7 Å². The maximum atomic E-state index is 13.0. The van der Waals surface area contributed by atoms with Gasteiger partial charge in [-0.1, -0.05) is 66.8 Å². The molecule has 0 spiro atoms. The second kappa shape index (κ2) is 8.84. The van der Waals surface area contributed by atoms with Crippen LogP contribution in [-0.2, 0) is 13.0 Å². The summed E-state index contributed by atoms with van der Waals surface area (Å²) in [4.78, 5) is 30.7. The maximum Gasteiger partial charge on any atom is 0.283 e. The topological polar surface area (TPSA) is 88.4 Å². The number of aryl methyl sites for hydroxylation is 1. The summed E-state index contributed by atoms with van der Waals surface area (Å²) in [6, 6.07) is 22.6. The standard InChI is InChI=1S/C25H21N5O2S/c1-2-17-10-6-7-11-20(17)27-24-29-30-23(32)19-13-12-18(14-21(19)28-25(30)33-24)22(31)26-15-16-8-4-3-5-9-16/h3-14H,2,15H2,1H3,(H,26,31)(H,27,29). The Morgan fingerprint density at radius 3 is 2.64 bits per heavy atom. The number of nitrogens with zero attached hydrogens (tertiary/aromatic N) is 3. The number of benzene rings is 3. The van der Waals surface area contributed by atoms with Gasteiger partial charge in [0.2, 0.25) is 10.1 Å². The summed E-state index contributed by atoms with van der Waals surface area (Å²) in [6.07, 6.45) is 0.880. The van der Waals surface area contributed by atoms with Crippen molar-refractivity contribution in [3.05, 3.63) is 99.8 Å². The highest BCUT2D eigenvalue weighted by Gasteiger charge is 2.14.